The number of nitrogens with one attached hydrogen (secondary N) is 1. The van der Waals surface area contributed by atoms with E-state index >= 15 is 0 Å². The van der Waals surface area contributed by atoms with Crippen LogP contribution in [0.1, 0.15) is 5.56 Å². The minimum absolute atomic E-state index is 0.0733. The molecular weight excluding hydrogens is 245 g/mol. The predicted octanol–water partition coefficient (Wildman–Crippen LogP) is 2.60. The van der Waals surface area contributed by atoms with Crippen molar-refractivity contribution in [2.75, 3.05) is 24.3 Å². The normalized spacial score (nSPS) is 10.3. The van der Waals surface area contributed by atoms with Gasteiger partial charge in [-0.3, -0.25) is 4.98 Å². The van der Waals surface area contributed by atoms with Crippen LogP contribution in [-0.4, -0.2) is 24.2 Å². The van der Waals surface area contributed by atoms with Crippen LogP contribution in [0.15, 0.2) is 36.7 Å². The van der Waals surface area contributed by atoms with Crippen LogP contribution in [0.25, 0.3) is 0 Å². The van der Waals surface area contributed by atoms with E-state index in [9.17, 15) is 9.50 Å². The molecule has 5 heteroatoms. The minimum atomic E-state index is -0.448. The summed E-state index contributed by atoms with van der Waals surface area (Å²) in [5.74, 6) is -0.522. The van der Waals surface area contributed by atoms with Gasteiger partial charge in [-0.15, -0.1) is 0 Å². The fraction of sp³-hybridized carbons (Fsp3) is 0.214. The maximum Gasteiger partial charge on any atom is 0.127 e. The van der Waals surface area contributed by atoms with Crippen LogP contribution >= 0.6 is 0 Å². The third kappa shape index (κ3) is 3.34. The zero-order chi connectivity index (χ0) is 13.8. The smallest absolute Gasteiger partial charge is 0.127 e. The first kappa shape index (κ1) is 13.1. The van der Waals surface area contributed by atoms with Crippen molar-refractivity contribution in [1.29, 1.82) is 0 Å². The van der Waals surface area contributed by atoms with Crippen molar-refractivity contribution in [2.45, 2.75) is 6.54 Å². The van der Waals surface area contributed by atoms with Crippen molar-refractivity contribution in [2.24, 2.45) is 0 Å². The highest BCUT2D eigenvalue weighted by Gasteiger charge is 2.05. The van der Waals surface area contributed by atoms with Gasteiger partial charge < -0.3 is 15.3 Å². The lowest BCUT2D eigenvalue weighted by Crippen LogP contribution is -2.12. The third-order valence-corrected chi connectivity index (χ3v) is 2.71. The van der Waals surface area contributed by atoms with Crippen molar-refractivity contribution >= 4 is 11.4 Å². The lowest BCUT2D eigenvalue weighted by Gasteiger charge is -2.17. The largest absolute Gasteiger partial charge is 0.508 e. The van der Waals surface area contributed by atoms with Gasteiger partial charge in [0.05, 0.1) is 17.6 Å². The van der Waals surface area contributed by atoms with Gasteiger partial charge in [-0.2, -0.15) is 0 Å². The Balaban J connectivity index is 2.14. The van der Waals surface area contributed by atoms with E-state index in [1.807, 2.05) is 25.1 Å². The molecule has 0 atom stereocenters. The summed E-state index contributed by atoms with van der Waals surface area (Å²) in [5.41, 5.74) is 2.53. The second-order valence-corrected chi connectivity index (χ2v) is 4.46. The molecule has 0 saturated heterocycles. The Labute approximate surface area is 111 Å². The Hall–Kier alpha value is -2.30. The molecule has 0 unspecified atom stereocenters. The molecule has 1 aromatic carbocycles. The van der Waals surface area contributed by atoms with Gasteiger partial charge in [0, 0.05) is 32.9 Å². The number of nitrogens with zero attached hydrogens (tertiary/aromatic N) is 2. The highest BCUT2D eigenvalue weighted by molar-refractivity contribution is 5.68. The van der Waals surface area contributed by atoms with Gasteiger partial charge in [0.15, 0.2) is 0 Å². The lowest BCUT2D eigenvalue weighted by atomic mass is 10.2. The summed E-state index contributed by atoms with van der Waals surface area (Å²) in [4.78, 5) is 6.03. The van der Waals surface area contributed by atoms with Crippen molar-refractivity contribution in [3.05, 3.63) is 48.0 Å². The molecule has 0 radical (unpaired) electrons. The Morgan fingerprint density at radius 2 is 2.11 bits per heavy atom. The molecule has 19 heavy (non-hydrogen) atoms. The minimum Gasteiger partial charge on any atom is -0.508 e. The number of anilines is 2. The number of halogens is 1. The number of aromatic hydroxyl groups is 1. The summed E-state index contributed by atoms with van der Waals surface area (Å²) >= 11 is 0. The van der Waals surface area contributed by atoms with Crippen molar-refractivity contribution in [3.63, 3.8) is 0 Å². The van der Waals surface area contributed by atoms with Crippen LogP contribution in [0.2, 0.25) is 0 Å². The molecule has 4 nitrogen and oxygen atoms in total. The predicted molar refractivity (Wildman–Crippen MR) is 74.0 cm³/mol. The van der Waals surface area contributed by atoms with E-state index in [0.717, 1.165) is 17.4 Å². The highest BCUT2D eigenvalue weighted by atomic mass is 19.1. The molecular formula is C14H16FN3O. The van der Waals surface area contributed by atoms with Gasteiger partial charge in [-0.1, -0.05) is 0 Å². The fourth-order valence-corrected chi connectivity index (χ4v) is 1.85. The molecule has 100 valence electrons. The van der Waals surface area contributed by atoms with Crippen molar-refractivity contribution in [1.82, 2.24) is 4.98 Å². The van der Waals surface area contributed by atoms with Gasteiger partial charge in [0.1, 0.15) is 11.6 Å². The SMILES string of the molecule is CN(C)c1ccncc1NCc1cc(O)cc(F)c1. The lowest BCUT2D eigenvalue weighted by molar-refractivity contribution is 0.468. The quantitative estimate of drug-likeness (QED) is 0.888. The van der Waals surface area contributed by atoms with Crippen molar-refractivity contribution in [3.8, 4) is 5.75 Å². The first-order valence-corrected chi connectivity index (χ1v) is 5.90. The van der Waals surface area contributed by atoms with Gasteiger partial charge in [0.25, 0.3) is 0 Å². The summed E-state index contributed by atoms with van der Waals surface area (Å²) in [6, 6.07) is 5.89. The highest BCUT2D eigenvalue weighted by Crippen LogP contribution is 2.23. The molecule has 0 bridgehead atoms. The van der Waals surface area contributed by atoms with Gasteiger partial charge in [0.2, 0.25) is 0 Å². The van der Waals surface area contributed by atoms with Crippen LogP contribution in [0.3, 0.4) is 0 Å². The van der Waals surface area contributed by atoms with E-state index in [1.54, 1.807) is 12.4 Å². The summed E-state index contributed by atoms with van der Waals surface area (Å²) in [7, 11) is 3.88. The second kappa shape index (κ2) is 5.56. The Morgan fingerprint density at radius 3 is 2.79 bits per heavy atom. The van der Waals surface area contributed by atoms with Gasteiger partial charge >= 0.3 is 0 Å². The van der Waals surface area contributed by atoms with E-state index < -0.39 is 5.82 Å². The number of phenolic OH excluding ortho intramolecular Hbond substituents is 1. The molecule has 0 saturated carbocycles. The molecule has 0 aliphatic heterocycles. The topological polar surface area (TPSA) is 48.4 Å². The number of benzene rings is 1. The Morgan fingerprint density at radius 1 is 1.32 bits per heavy atom. The van der Waals surface area contributed by atoms with Gasteiger partial charge in [-0.25, -0.2) is 4.39 Å². The van der Waals surface area contributed by atoms with E-state index in [1.165, 1.54) is 12.1 Å². The molecule has 0 aliphatic rings. The Bertz CT molecular complexity index is 552. The Kier molecular flexibility index (Phi) is 3.85. The van der Waals surface area contributed by atoms with Crippen LogP contribution in [0, 0.1) is 5.82 Å². The monoisotopic (exact) mass is 261 g/mol. The van der Waals surface area contributed by atoms with E-state index in [4.69, 9.17) is 0 Å². The van der Waals surface area contributed by atoms with Gasteiger partial charge in [-0.05, 0) is 23.8 Å². The first-order valence-electron chi connectivity index (χ1n) is 5.90. The summed E-state index contributed by atoms with van der Waals surface area (Å²) in [5, 5.41) is 12.5. The molecule has 2 N–H and O–H groups in total. The molecule has 0 amide bonds. The number of pyridine rings is 1. The number of rotatable bonds is 4. The number of hydrogen-bond donors (Lipinski definition) is 2. The molecule has 2 aromatic rings. The average Bonchev–Trinajstić information content (AvgIpc) is 2.35. The summed E-state index contributed by atoms with van der Waals surface area (Å²) in [6.45, 7) is 0.415. The summed E-state index contributed by atoms with van der Waals surface area (Å²) in [6.07, 6.45) is 3.43. The molecule has 0 fully saturated rings. The number of hydrogen-bond acceptors (Lipinski definition) is 4. The average molecular weight is 261 g/mol. The third-order valence-electron chi connectivity index (χ3n) is 2.71. The molecule has 1 heterocycles. The standard InChI is InChI=1S/C14H16FN3O/c1-18(2)14-3-4-16-9-13(14)17-8-10-5-11(15)7-12(19)6-10/h3-7,9,17,19H,8H2,1-2H3. The van der Waals surface area contributed by atoms with E-state index in [2.05, 4.69) is 10.3 Å². The van der Waals surface area contributed by atoms with E-state index in [0.29, 0.717) is 12.1 Å². The molecule has 1 aromatic heterocycles. The van der Waals surface area contributed by atoms with Crippen LogP contribution in [-0.2, 0) is 6.54 Å². The van der Waals surface area contributed by atoms with Crippen LogP contribution < -0.4 is 10.2 Å². The fourth-order valence-electron chi connectivity index (χ4n) is 1.85. The number of phenols is 1. The number of aromatic nitrogens is 1. The maximum absolute atomic E-state index is 13.2. The molecule has 2 rings (SSSR count). The van der Waals surface area contributed by atoms with Crippen molar-refractivity contribution < 1.29 is 9.50 Å². The summed E-state index contributed by atoms with van der Waals surface area (Å²) < 4.78 is 13.2. The first-order chi connectivity index (χ1) is 9.06. The van der Waals surface area contributed by atoms with Crippen LogP contribution in [0.4, 0.5) is 15.8 Å². The van der Waals surface area contributed by atoms with E-state index in [-0.39, 0.29) is 5.75 Å². The maximum atomic E-state index is 13.2. The zero-order valence-corrected chi connectivity index (χ0v) is 10.9. The van der Waals surface area contributed by atoms with Crippen LogP contribution in [0.5, 0.6) is 5.75 Å². The second-order valence-electron chi connectivity index (χ2n) is 4.46. The zero-order valence-electron chi connectivity index (χ0n) is 10.9. The molecule has 0 spiro atoms. The molecule has 0 aliphatic carbocycles.